The minimum absolute atomic E-state index is 0. The van der Waals surface area contributed by atoms with E-state index in [-0.39, 0.29) is 49.2 Å². The van der Waals surface area contributed by atoms with Gasteiger partial charge in [-0.15, -0.1) is 0 Å². The Kier molecular flexibility index (Phi) is 3.86. The van der Waals surface area contributed by atoms with Gasteiger partial charge >= 0.3 is 0 Å². The Morgan fingerprint density at radius 1 is 0.900 bits per heavy atom. The first-order valence-electron chi connectivity index (χ1n) is 2.41. The quantitative estimate of drug-likeness (QED) is 0.386. The topological polar surface area (TPSA) is 60.7 Å². The number of rotatable bonds is 0. The first-order valence-corrected chi connectivity index (χ1v) is 2.41. The van der Waals surface area contributed by atoms with Crippen LogP contribution in [0.3, 0.4) is 0 Å². The molecule has 0 saturated heterocycles. The van der Waals surface area contributed by atoms with Crippen LogP contribution in [-0.2, 0) is 0 Å². The van der Waals surface area contributed by atoms with Crippen LogP contribution in [-0.4, -0.2) is 53.1 Å². The molecule has 0 fully saturated rings. The molecule has 1 aromatic carbocycles. The minimum Gasteiger partial charge on any atom is -0.504 e. The van der Waals surface area contributed by atoms with Crippen LogP contribution in [0.4, 0.5) is 0 Å². The van der Waals surface area contributed by atoms with Crippen LogP contribution in [0.5, 0.6) is 17.2 Å². The number of para-hydroxylation sites is 1. The summed E-state index contributed by atoms with van der Waals surface area (Å²) >= 11 is 0. The van der Waals surface area contributed by atoms with Crippen LogP contribution >= 0.6 is 0 Å². The van der Waals surface area contributed by atoms with Gasteiger partial charge in [0.1, 0.15) is 0 Å². The van der Waals surface area contributed by atoms with Gasteiger partial charge in [0.05, 0.1) is 0 Å². The summed E-state index contributed by atoms with van der Waals surface area (Å²) in [5, 5.41) is 26.1. The first kappa shape index (κ1) is 9.88. The van der Waals surface area contributed by atoms with Gasteiger partial charge in [0.15, 0.2) is 17.2 Å². The molecule has 0 spiro atoms. The number of benzene rings is 1. The summed E-state index contributed by atoms with van der Waals surface area (Å²) < 4.78 is 0. The number of hydrogen-bond acceptors (Lipinski definition) is 3. The van der Waals surface area contributed by atoms with Crippen molar-refractivity contribution in [2.75, 3.05) is 0 Å². The molecule has 3 nitrogen and oxygen atoms in total. The van der Waals surface area contributed by atoms with E-state index >= 15 is 0 Å². The third kappa shape index (κ3) is 1.94. The van der Waals surface area contributed by atoms with Gasteiger partial charge in [-0.25, -0.2) is 0 Å². The zero-order valence-corrected chi connectivity index (χ0v) is 7.49. The standard InChI is InChI=1S/C6H6O3.Ca/c7-4-2-1-3-5(8)6(4)9;/h1-3,7-9H;. The molecular formula is C6H6CaO3. The summed E-state index contributed by atoms with van der Waals surface area (Å²) in [7, 11) is 0. The summed E-state index contributed by atoms with van der Waals surface area (Å²) in [6.07, 6.45) is 0. The minimum atomic E-state index is -0.475. The molecule has 4 heteroatoms. The van der Waals surface area contributed by atoms with Gasteiger partial charge in [-0.05, 0) is 12.1 Å². The Balaban J connectivity index is 0.000000810. The van der Waals surface area contributed by atoms with Crippen molar-refractivity contribution < 1.29 is 15.3 Å². The monoisotopic (exact) mass is 166 g/mol. The van der Waals surface area contributed by atoms with Gasteiger partial charge in [0.25, 0.3) is 0 Å². The summed E-state index contributed by atoms with van der Waals surface area (Å²) in [6.45, 7) is 0. The second-order valence-electron chi connectivity index (χ2n) is 1.64. The van der Waals surface area contributed by atoms with Crippen molar-refractivity contribution in [3.8, 4) is 17.2 Å². The van der Waals surface area contributed by atoms with Gasteiger partial charge in [-0.2, -0.15) is 0 Å². The Hall–Kier alpha value is -0.120. The number of phenols is 3. The molecule has 50 valence electrons. The summed E-state index contributed by atoms with van der Waals surface area (Å²) in [4.78, 5) is 0. The SMILES string of the molecule is Oc1cccc(O)c1O.[Ca]. The van der Waals surface area contributed by atoms with Crippen molar-refractivity contribution in [3.05, 3.63) is 18.2 Å². The average Bonchev–Trinajstić information content (AvgIpc) is 1.83. The maximum Gasteiger partial charge on any atom is 0.200 e. The fourth-order valence-electron chi connectivity index (χ4n) is 0.519. The zero-order chi connectivity index (χ0) is 6.85. The Labute approximate surface area is 87.9 Å². The van der Waals surface area contributed by atoms with Crippen LogP contribution in [0.25, 0.3) is 0 Å². The van der Waals surface area contributed by atoms with Gasteiger partial charge in [0.2, 0.25) is 0 Å². The molecule has 1 aromatic rings. The molecule has 0 amide bonds. The Morgan fingerprint density at radius 3 is 1.60 bits per heavy atom. The van der Waals surface area contributed by atoms with Crippen LogP contribution in [0, 0.1) is 0 Å². The number of aromatic hydroxyl groups is 3. The van der Waals surface area contributed by atoms with E-state index in [1.54, 1.807) is 0 Å². The largest absolute Gasteiger partial charge is 0.504 e. The first-order chi connectivity index (χ1) is 4.22. The summed E-state index contributed by atoms with van der Waals surface area (Å²) in [5.74, 6) is -1.09. The third-order valence-corrected chi connectivity index (χ3v) is 0.993. The molecular weight excluding hydrogens is 160 g/mol. The van der Waals surface area contributed by atoms with Gasteiger partial charge in [0, 0.05) is 37.7 Å². The molecule has 0 aliphatic carbocycles. The van der Waals surface area contributed by atoms with Crippen LogP contribution in [0.1, 0.15) is 0 Å². The van der Waals surface area contributed by atoms with Crippen LogP contribution in [0.15, 0.2) is 18.2 Å². The van der Waals surface area contributed by atoms with E-state index in [0.717, 1.165) is 0 Å². The van der Waals surface area contributed by atoms with Crippen molar-refractivity contribution >= 4 is 37.7 Å². The molecule has 10 heavy (non-hydrogen) atoms. The van der Waals surface area contributed by atoms with E-state index in [0.29, 0.717) is 0 Å². The molecule has 1 rings (SSSR count). The molecule has 3 N–H and O–H groups in total. The normalized spacial score (nSPS) is 8.40. The van der Waals surface area contributed by atoms with Crippen molar-refractivity contribution in [2.45, 2.75) is 0 Å². The molecule has 0 bridgehead atoms. The zero-order valence-electron chi connectivity index (χ0n) is 5.28. The van der Waals surface area contributed by atoms with Gasteiger partial charge < -0.3 is 15.3 Å². The van der Waals surface area contributed by atoms with E-state index in [4.69, 9.17) is 15.3 Å². The molecule has 0 atom stereocenters. The molecule has 0 unspecified atom stereocenters. The molecule has 0 heterocycles. The van der Waals surface area contributed by atoms with E-state index in [9.17, 15) is 0 Å². The van der Waals surface area contributed by atoms with Crippen LogP contribution in [0.2, 0.25) is 0 Å². The number of phenolic OH excluding ortho intramolecular Hbond substituents is 3. The third-order valence-electron chi connectivity index (χ3n) is 0.993. The van der Waals surface area contributed by atoms with E-state index in [1.807, 2.05) is 0 Å². The van der Waals surface area contributed by atoms with Crippen LogP contribution < -0.4 is 0 Å². The summed E-state index contributed by atoms with van der Waals surface area (Å²) in [6, 6.07) is 4.01. The second-order valence-corrected chi connectivity index (χ2v) is 1.64. The van der Waals surface area contributed by atoms with Crippen molar-refractivity contribution in [2.24, 2.45) is 0 Å². The van der Waals surface area contributed by atoms with E-state index in [1.165, 1.54) is 18.2 Å². The fourth-order valence-corrected chi connectivity index (χ4v) is 0.519. The van der Waals surface area contributed by atoms with Crippen molar-refractivity contribution in [1.82, 2.24) is 0 Å². The van der Waals surface area contributed by atoms with Gasteiger partial charge in [-0.3, -0.25) is 0 Å². The second kappa shape index (κ2) is 3.91. The van der Waals surface area contributed by atoms with E-state index < -0.39 is 5.75 Å². The molecule has 2 radical (unpaired) electrons. The van der Waals surface area contributed by atoms with E-state index in [2.05, 4.69) is 0 Å². The van der Waals surface area contributed by atoms with Gasteiger partial charge in [-0.1, -0.05) is 6.07 Å². The average molecular weight is 166 g/mol. The molecule has 0 aliphatic rings. The molecule has 0 aromatic heterocycles. The Morgan fingerprint density at radius 2 is 1.30 bits per heavy atom. The predicted octanol–water partition coefficient (Wildman–Crippen LogP) is 0.423. The summed E-state index contributed by atoms with van der Waals surface area (Å²) in [5.41, 5.74) is 0. The fraction of sp³-hybridized carbons (Fsp3) is 0. The smallest absolute Gasteiger partial charge is 0.200 e. The molecule has 0 saturated carbocycles. The predicted molar refractivity (Wildman–Crippen MR) is 37.2 cm³/mol. The maximum atomic E-state index is 8.71. The molecule has 0 aliphatic heterocycles. The van der Waals surface area contributed by atoms with Crippen molar-refractivity contribution in [1.29, 1.82) is 0 Å². The van der Waals surface area contributed by atoms with Crippen molar-refractivity contribution in [3.63, 3.8) is 0 Å². The number of hydrogen-bond donors (Lipinski definition) is 3. The maximum absolute atomic E-state index is 8.71. The Bertz CT molecular complexity index is 204.